The molecule has 0 amide bonds. The Bertz CT molecular complexity index is 894. The normalized spacial score (nSPS) is 16.1. The molecule has 1 aliphatic carbocycles. The quantitative estimate of drug-likeness (QED) is 0.477. The molecule has 1 aromatic heterocycles. The van der Waals surface area contributed by atoms with Gasteiger partial charge >= 0.3 is 0 Å². The number of fused-ring (bicyclic) bond motifs is 2. The molecule has 1 aromatic carbocycles. The van der Waals surface area contributed by atoms with Crippen LogP contribution in [0, 0.1) is 0 Å². The fraction of sp³-hybridized carbons (Fsp3) is 0.654. The van der Waals surface area contributed by atoms with Crippen LogP contribution in [0.3, 0.4) is 0 Å². The molecule has 1 fully saturated rings. The van der Waals surface area contributed by atoms with E-state index in [0.717, 1.165) is 67.8 Å². The second kappa shape index (κ2) is 11.2. The standard InChI is InChI=1S/C26H39N3O3/c1-19(2)31-15-7-11-27-26-20-9-6-10-22(20)28-23-18-25(24(30-3)17-21(23)26)32-16-8-14-29-12-4-5-13-29/h17-19H,4-16H2,1-3H3,(H,27,28). The molecule has 4 rings (SSSR count). The molecule has 176 valence electrons. The number of pyridine rings is 1. The first-order chi connectivity index (χ1) is 15.7. The molecule has 32 heavy (non-hydrogen) atoms. The lowest BCUT2D eigenvalue weighted by molar-refractivity contribution is 0.0787. The molecule has 1 N–H and O–H groups in total. The van der Waals surface area contributed by atoms with Crippen LogP contribution in [0.2, 0.25) is 0 Å². The second-order valence-electron chi connectivity index (χ2n) is 9.24. The Balaban J connectivity index is 1.48. The second-order valence-corrected chi connectivity index (χ2v) is 9.24. The van der Waals surface area contributed by atoms with Crippen molar-refractivity contribution >= 4 is 16.6 Å². The van der Waals surface area contributed by atoms with Crippen molar-refractivity contribution in [3.8, 4) is 11.5 Å². The minimum Gasteiger partial charge on any atom is -0.493 e. The number of aromatic nitrogens is 1. The number of nitrogens with one attached hydrogen (secondary N) is 1. The maximum absolute atomic E-state index is 6.16. The van der Waals surface area contributed by atoms with Crippen LogP contribution >= 0.6 is 0 Å². The number of benzene rings is 1. The van der Waals surface area contributed by atoms with Gasteiger partial charge in [-0.1, -0.05) is 0 Å². The summed E-state index contributed by atoms with van der Waals surface area (Å²) >= 11 is 0. The number of rotatable bonds is 12. The van der Waals surface area contributed by atoms with Gasteiger partial charge in [-0.15, -0.1) is 0 Å². The van der Waals surface area contributed by atoms with Gasteiger partial charge in [-0.05, 0) is 83.5 Å². The van der Waals surface area contributed by atoms with Gasteiger partial charge in [-0.25, -0.2) is 0 Å². The average molecular weight is 442 g/mol. The van der Waals surface area contributed by atoms with Crippen molar-refractivity contribution in [1.82, 2.24) is 9.88 Å². The van der Waals surface area contributed by atoms with E-state index in [1.807, 2.05) is 0 Å². The molecule has 2 aliphatic rings. The van der Waals surface area contributed by atoms with Crippen LogP contribution in [0.4, 0.5) is 5.69 Å². The summed E-state index contributed by atoms with van der Waals surface area (Å²) in [5, 5.41) is 4.82. The first-order valence-corrected chi connectivity index (χ1v) is 12.4. The van der Waals surface area contributed by atoms with Crippen molar-refractivity contribution in [3.05, 3.63) is 23.4 Å². The highest BCUT2D eigenvalue weighted by Gasteiger charge is 2.21. The van der Waals surface area contributed by atoms with Crippen LogP contribution in [0.25, 0.3) is 10.9 Å². The van der Waals surface area contributed by atoms with Crippen molar-refractivity contribution in [2.75, 3.05) is 51.8 Å². The molecule has 0 radical (unpaired) electrons. The lowest BCUT2D eigenvalue weighted by atomic mass is 10.1. The molecule has 1 saturated heterocycles. The minimum absolute atomic E-state index is 0.277. The van der Waals surface area contributed by atoms with E-state index >= 15 is 0 Å². The summed E-state index contributed by atoms with van der Waals surface area (Å²) in [5.74, 6) is 1.58. The molecule has 6 heteroatoms. The number of hydrogen-bond donors (Lipinski definition) is 1. The Morgan fingerprint density at radius 1 is 1.03 bits per heavy atom. The molecule has 0 unspecified atom stereocenters. The Hall–Kier alpha value is -2.05. The van der Waals surface area contributed by atoms with Gasteiger partial charge in [0.1, 0.15) is 0 Å². The van der Waals surface area contributed by atoms with Gasteiger partial charge in [0, 0.05) is 42.5 Å². The zero-order valence-corrected chi connectivity index (χ0v) is 20.0. The maximum atomic E-state index is 6.16. The van der Waals surface area contributed by atoms with E-state index in [9.17, 15) is 0 Å². The van der Waals surface area contributed by atoms with E-state index in [1.165, 1.54) is 49.3 Å². The molecule has 1 aliphatic heterocycles. The largest absolute Gasteiger partial charge is 0.493 e. The molecular weight excluding hydrogens is 402 g/mol. The summed E-state index contributed by atoms with van der Waals surface area (Å²) in [7, 11) is 1.72. The number of anilines is 1. The molecular formula is C26H39N3O3. The summed E-state index contributed by atoms with van der Waals surface area (Å²) in [6.45, 7) is 10.1. The highest BCUT2D eigenvalue weighted by atomic mass is 16.5. The van der Waals surface area contributed by atoms with E-state index in [4.69, 9.17) is 19.2 Å². The Morgan fingerprint density at radius 2 is 1.88 bits per heavy atom. The van der Waals surface area contributed by atoms with Crippen molar-refractivity contribution in [2.24, 2.45) is 0 Å². The van der Waals surface area contributed by atoms with Gasteiger partial charge < -0.3 is 24.4 Å². The molecule has 2 heterocycles. The zero-order chi connectivity index (χ0) is 22.3. The lowest BCUT2D eigenvalue weighted by Crippen LogP contribution is -2.21. The van der Waals surface area contributed by atoms with E-state index in [-0.39, 0.29) is 6.10 Å². The van der Waals surface area contributed by atoms with E-state index in [2.05, 4.69) is 36.2 Å². The molecule has 0 bridgehead atoms. The smallest absolute Gasteiger partial charge is 0.163 e. The summed E-state index contributed by atoms with van der Waals surface area (Å²) in [6.07, 6.45) is 8.25. The van der Waals surface area contributed by atoms with Crippen LogP contribution in [0.1, 0.15) is 57.2 Å². The van der Waals surface area contributed by atoms with Crippen molar-refractivity contribution in [2.45, 2.75) is 64.9 Å². The SMILES string of the molecule is COc1cc2c(NCCCOC(C)C)c3c(nc2cc1OCCCN1CCCC1)CCC3. The van der Waals surface area contributed by atoms with Gasteiger partial charge in [0.15, 0.2) is 11.5 Å². The van der Waals surface area contributed by atoms with Crippen LogP contribution in [-0.2, 0) is 17.6 Å². The van der Waals surface area contributed by atoms with Crippen molar-refractivity contribution in [1.29, 1.82) is 0 Å². The predicted octanol–water partition coefficient (Wildman–Crippen LogP) is 4.82. The Morgan fingerprint density at radius 3 is 2.66 bits per heavy atom. The first-order valence-electron chi connectivity index (χ1n) is 12.4. The summed E-state index contributed by atoms with van der Waals surface area (Å²) < 4.78 is 17.6. The van der Waals surface area contributed by atoms with Crippen LogP contribution in [-0.4, -0.2) is 62.5 Å². The van der Waals surface area contributed by atoms with E-state index in [1.54, 1.807) is 7.11 Å². The average Bonchev–Trinajstić information content (AvgIpc) is 3.47. The van der Waals surface area contributed by atoms with Gasteiger partial charge in [-0.3, -0.25) is 4.98 Å². The van der Waals surface area contributed by atoms with Gasteiger partial charge in [0.25, 0.3) is 0 Å². The van der Waals surface area contributed by atoms with Crippen LogP contribution in [0.15, 0.2) is 12.1 Å². The third kappa shape index (κ3) is 5.65. The third-order valence-electron chi connectivity index (χ3n) is 6.45. The number of hydrogen-bond acceptors (Lipinski definition) is 6. The number of methoxy groups -OCH3 is 1. The molecule has 0 atom stereocenters. The van der Waals surface area contributed by atoms with E-state index in [0.29, 0.717) is 6.61 Å². The molecule has 0 spiro atoms. The minimum atomic E-state index is 0.277. The van der Waals surface area contributed by atoms with Gasteiger partial charge in [-0.2, -0.15) is 0 Å². The van der Waals surface area contributed by atoms with Crippen molar-refractivity contribution in [3.63, 3.8) is 0 Å². The fourth-order valence-corrected chi connectivity index (χ4v) is 4.83. The Labute approximate surface area is 192 Å². The number of aryl methyl sites for hydroxylation is 1. The highest BCUT2D eigenvalue weighted by Crippen LogP contribution is 2.39. The lowest BCUT2D eigenvalue weighted by Gasteiger charge is -2.18. The maximum Gasteiger partial charge on any atom is 0.163 e. The fourth-order valence-electron chi connectivity index (χ4n) is 4.83. The summed E-state index contributed by atoms with van der Waals surface area (Å²) in [6, 6.07) is 4.17. The molecule has 6 nitrogen and oxygen atoms in total. The third-order valence-corrected chi connectivity index (χ3v) is 6.45. The predicted molar refractivity (Wildman–Crippen MR) is 130 cm³/mol. The van der Waals surface area contributed by atoms with Crippen LogP contribution in [0.5, 0.6) is 11.5 Å². The zero-order valence-electron chi connectivity index (χ0n) is 20.0. The van der Waals surface area contributed by atoms with Gasteiger partial charge in [0.2, 0.25) is 0 Å². The monoisotopic (exact) mass is 441 g/mol. The Kier molecular flexibility index (Phi) is 8.09. The number of ether oxygens (including phenoxy) is 3. The number of likely N-dealkylation sites (tertiary alicyclic amines) is 1. The number of nitrogens with zero attached hydrogens (tertiary/aromatic N) is 2. The van der Waals surface area contributed by atoms with E-state index < -0.39 is 0 Å². The summed E-state index contributed by atoms with van der Waals surface area (Å²) in [4.78, 5) is 7.53. The molecule has 2 aromatic rings. The highest BCUT2D eigenvalue weighted by molar-refractivity contribution is 5.96. The first kappa shape index (κ1) is 23.1. The van der Waals surface area contributed by atoms with Crippen LogP contribution < -0.4 is 14.8 Å². The summed E-state index contributed by atoms with van der Waals surface area (Å²) in [5.41, 5.74) is 4.79. The topological polar surface area (TPSA) is 55.9 Å². The van der Waals surface area contributed by atoms with Gasteiger partial charge in [0.05, 0.1) is 25.3 Å². The molecule has 0 saturated carbocycles. The van der Waals surface area contributed by atoms with Crippen molar-refractivity contribution < 1.29 is 14.2 Å².